The van der Waals surface area contributed by atoms with Crippen LogP contribution >= 0.6 is 0 Å². The maximum atomic E-state index is 5.73. The van der Waals surface area contributed by atoms with Crippen molar-refractivity contribution in [2.24, 2.45) is 11.1 Å². The Morgan fingerprint density at radius 2 is 1.67 bits per heavy atom. The standard InChI is InChI=1S/C16H28N2/c1-12-8-14(3)15(9-13(12)2)10-18-7-6-16(4,5)11-17/h8-9,18H,6-7,10-11,17H2,1-5H3. The fourth-order valence-electron chi connectivity index (χ4n) is 1.96. The minimum atomic E-state index is 0.241. The molecule has 0 bridgehead atoms. The van der Waals surface area contributed by atoms with Gasteiger partial charge in [-0.3, -0.25) is 0 Å². The second-order valence-electron chi connectivity index (χ2n) is 6.16. The van der Waals surface area contributed by atoms with Gasteiger partial charge in [0.15, 0.2) is 0 Å². The lowest BCUT2D eigenvalue weighted by molar-refractivity contribution is 0.339. The van der Waals surface area contributed by atoms with Crippen molar-refractivity contribution in [1.29, 1.82) is 0 Å². The fraction of sp³-hybridized carbons (Fsp3) is 0.625. The summed E-state index contributed by atoms with van der Waals surface area (Å²) in [5.74, 6) is 0. The smallest absolute Gasteiger partial charge is 0.0208 e. The first kappa shape index (κ1) is 15.2. The van der Waals surface area contributed by atoms with E-state index in [-0.39, 0.29) is 5.41 Å². The second-order valence-corrected chi connectivity index (χ2v) is 6.16. The number of nitrogens with one attached hydrogen (secondary N) is 1. The van der Waals surface area contributed by atoms with E-state index < -0.39 is 0 Å². The summed E-state index contributed by atoms with van der Waals surface area (Å²) >= 11 is 0. The first-order chi connectivity index (χ1) is 8.35. The van der Waals surface area contributed by atoms with Crippen LogP contribution in [0.3, 0.4) is 0 Å². The van der Waals surface area contributed by atoms with E-state index in [1.54, 1.807) is 0 Å². The predicted octanol–water partition coefficient (Wildman–Crippen LogP) is 3.08. The molecule has 0 fully saturated rings. The largest absolute Gasteiger partial charge is 0.330 e. The Morgan fingerprint density at radius 3 is 2.28 bits per heavy atom. The normalized spacial score (nSPS) is 11.9. The summed E-state index contributed by atoms with van der Waals surface area (Å²) in [6, 6.07) is 4.57. The maximum absolute atomic E-state index is 5.73. The SMILES string of the molecule is Cc1cc(C)c(CNCCC(C)(C)CN)cc1C. The third kappa shape index (κ3) is 4.43. The van der Waals surface area contributed by atoms with Crippen molar-refractivity contribution >= 4 is 0 Å². The summed E-state index contributed by atoms with van der Waals surface area (Å²) in [4.78, 5) is 0. The molecule has 0 aliphatic carbocycles. The van der Waals surface area contributed by atoms with E-state index >= 15 is 0 Å². The zero-order valence-electron chi connectivity index (χ0n) is 12.6. The molecule has 1 rings (SSSR count). The Balaban J connectivity index is 2.47. The summed E-state index contributed by atoms with van der Waals surface area (Å²) in [5, 5.41) is 3.52. The van der Waals surface area contributed by atoms with Crippen molar-refractivity contribution in [1.82, 2.24) is 5.32 Å². The van der Waals surface area contributed by atoms with E-state index in [2.05, 4.69) is 52.1 Å². The highest BCUT2D eigenvalue weighted by Crippen LogP contribution is 2.18. The molecule has 0 atom stereocenters. The molecule has 2 nitrogen and oxygen atoms in total. The van der Waals surface area contributed by atoms with Crippen LogP contribution < -0.4 is 11.1 Å². The third-order valence-electron chi connectivity index (χ3n) is 3.80. The van der Waals surface area contributed by atoms with Crippen LogP contribution in [0.4, 0.5) is 0 Å². The molecule has 3 N–H and O–H groups in total. The second kappa shape index (κ2) is 6.35. The Morgan fingerprint density at radius 1 is 1.06 bits per heavy atom. The molecule has 1 aromatic carbocycles. The van der Waals surface area contributed by atoms with Crippen molar-refractivity contribution in [3.05, 3.63) is 34.4 Å². The molecule has 0 aliphatic rings. The van der Waals surface area contributed by atoms with Gasteiger partial charge >= 0.3 is 0 Å². The Bertz CT molecular complexity index is 394. The van der Waals surface area contributed by atoms with Crippen LogP contribution in [0.2, 0.25) is 0 Å². The van der Waals surface area contributed by atoms with E-state index in [0.29, 0.717) is 0 Å². The fourth-order valence-corrected chi connectivity index (χ4v) is 1.96. The topological polar surface area (TPSA) is 38.0 Å². The predicted molar refractivity (Wildman–Crippen MR) is 79.8 cm³/mol. The highest BCUT2D eigenvalue weighted by Gasteiger charge is 2.14. The van der Waals surface area contributed by atoms with Crippen molar-refractivity contribution in [2.45, 2.75) is 47.6 Å². The Hall–Kier alpha value is -0.860. The molecule has 0 saturated heterocycles. The van der Waals surface area contributed by atoms with E-state index in [1.807, 2.05) is 0 Å². The molecule has 2 heteroatoms. The molecule has 0 aromatic heterocycles. The quantitative estimate of drug-likeness (QED) is 0.759. The van der Waals surface area contributed by atoms with Gasteiger partial charge in [-0.15, -0.1) is 0 Å². The van der Waals surface area contributed by atoms with Gasteiger partial charge in [-0.05, 0) is 68.0 Å². The molecule has 102 valence electrons. The van der Waals surface area contributed by atoms with Gasteiger partial charge in [0.25, 0.3) is 0 Å². The molecule has 0 aliphatic heterocycles. The molecular formula is C16H28N2. The van der Waals surface area contributed by atoms with Crippen LogP contribution in [0.25, 0.3) is 0 Å². The number of nitrogens with two attached hydrogens (primary N) is 1. The van der Waals surface area contributed by atoms with Crippen LogP contribution in [0.15, 0.2) is 12.1 Å². The van der Waals surface area contributed by atoms with Gasteiger partial charge < -0.3 is 11.1 Å². The summed E-state index contributed by atoms with van der Waals surface area (Å²) in [6.07, 6.45) is 1.12. The van der Waals surface area contributed by atoms with Gasteiger partial charge in [0.05, 0.1) is 0 Å². The Kier molecular flexibility index (Phi) is 5.36. The zero-order chi connectivity index (χ0) is 13.8. The molecule has 0 radical (unpaired) electrons. The molecular weight excluding hydrogens is 220 g/mol. The van der Waals surface area contributed by atoms with Crippen LogP contribution in [0, 0.1) is 26.2 Å². The van der Waals surface area contributed by atoms with E-state index in [4.69, 9.17) is 5.73 Å². The van der Waals surface area contributed by atoms with Crippen LogP contribution in [-0.4, -0.2) is 13.1 Å². The van der Waals surface area contributed by atoms with Crippen molar-refractivity contribution in [3.63, 3.8) is 0 Å². The third-order valence-corrected chi connectivity index (χ3v) is 3.80. The highest BCUT2D eigenvalue weighted by atomic mass is 14.8. The van der Waals surface area contributed by atoms with Gasteiger partial charge in [0.2, 0.25) is 0 Å². The van der Waals surface area contributed by atoms with Crippen LogP contribution in [0.1, 0.15) is 42.5 Å². The summed E-state index contributed by atoms with van der Waals surface area (Å²) in [7, 11) is 0. The molecule has 0 unspecified atom stereocenters. The molecule has 0 amide bonds. The molecule has 0 saturated carbocycles. The number of hydrogen-bond donors (Lipinski definition) is 2. The van der Waals surface area contributed by atoms with Gasteiger partial charge in [-0.2, -0.15) is 0 Å². The van der Waals surface area contributed by atoms with Gasteiger partial charge in [0, 0.05) is 6.54 Å². The minimum Gasteiger partial charge on any atom is -0.330 e. The number of rotatable bonds is 6. The zero-order valence-corrected chi connectivity index (χ0v) is 12.6. The average Bonchev–Trinajstić information content (AvgIpc) is 2.31. The average molecular weight is 248 g/mol. The first-order valence-corrected chi connectivity index (χ1v) is 6.83. The lowest BCUT2D eigenvalue weighted by atomic mass is 9.90. The minimum absolute atomic E-state index is 0.241. The van der Waals surface area contributed by atoms with Crippen LogP contribution in [-0.2, 0) is 6.54 Å². The maximum Gasteiger partial charge on any atom is 0.0208 e. The Labute approximate surface area is 112 Å². The summed E-state index contributed by atoms with van der Waals surface area (Å²) in [5.41, 5.74) is 11.5. The number of benzene rings is 1. The molecule has 0 spiro atoms. The molecule has 0 heterocycles. The first-order valence-electron chi connectivity index (χ1n) is 6.83. The van der Waals surface area contributed by atoms with Crippen molar-refractivity contribution < 1.29 is 0 Å². The number of aryl methyl sites for hydroxylation is 3. The van der Waals surface area contributed by atoms with Gasteiger partial charge in [-0.25, -0.2) is 0 Å². The summed E-state index contributed by atoms with van der Waals surface area (Å²) < 4.78 is 0. The highest BCUT2D eigenvalue weighted by molar-refractivity contribution is 5.36. The van der Waals surface area contributed by atoms with E-state index in [1.165, 1.54) is 22.3 Å². The lowest BCUT2D eigenvalue weighted by Crippen LogP contribution is -2.28. The monoisotopic (exact) mass is 248 g/mol. The lowest BCUT2D eigenvalue weighted by Gasteiger charge is -2.22. The van der Waals surface area contributed by atoms with Gasteiger partial charge in [-0.1, -0.05) is 26.0 Å². The van der Waals surface area contributed by atoms with Crippen molar-refractivity contribution in [2.75, 3.05) is 13.1 Å². The number of hydrogen-bond acceptors (Lipinski definition) is 2. The van der Waals surface area contributed by atoms with Crippen molar-refractivity contribution in [3.8, 4) is 0 Å². The van der Waals surface area contributed by atoms with Crippen LogP contribution in [0.5, 0.6) is 0 Å². The molecule has 1 aromatic rings. The molecule has 18 heavy (non-hydrogen) atoms. The summed E-state index contributed by atoms with van der Waals surface area (Å²) in [6.45, 7) is 13.7. The van der Waals surface area contributed by atoms with E-state index in [0.717, 1.165) is 26.1 Å². The van der Waals surface area contributed by atoms with E-state index in [9.17, 15) is 0 Å². The van der Waals surface area contributed by atoms with Gasteiger partial charge in [0.1, 0.15) is 0 Å².